The molecule has 0 N–H and O–H groups in total. The molecule has 0 aromatic rings. The highest BCUT2D eigenvalue weighted by molar-refractivity contribution is 8.01. The highest BCUT2D eigenvalue weighted by atomic mass is 32.2. The number of hydrogen-bond donors (Lipinski definition) is 0. The van der Waals surface area contributed by atoms with E-state index in [1.807, 2.05) is 11.8 Å². The summed E-state index contributed by atoms with van der Waals surface area (Å²) in [5.74, 6) is 0.288. The zero-order valence-electron chi connectivity index (χ0n) is 9.13. The van der Waals surface area contributed by atoms with Gasteiger partial charge in [-0.25, -0.2) is 0 Å². The molecule has 76 valence electrons. The molecule has 0 aromatic carbocycles. The summed E-state index contributed by atoms with van der Waals surface area (Å²) in [6.45, 7) is 8.19. The van der Waals surface area contributed by atoms with Gasteiger partial charge in [0.05, 0.1) is 11.4 Å². The van der Waals surface area contributed by atoms with Crippen molar-refractivity contribution < 1.29 is 4.79 Å². The van der Waals surface area contributed by atoms with Crippen LogP contribution in [0, 0.1) is 0 Å². The minimum Gasteiger partial charge on any atom is -0.298 e. The van der Waals surface area contributed by atoms with E-state index in [0.717, 1.165) is 6.42 Å². The molecule has 0 aromatic heterocycles. The maximum atomic E-state index is 11.5. The number of rotatable bonds is 2. The number of likely N-dealkylation sites (N-methyl/N-ethyl adjacent to an activating group) is 1. The van der Waals surface area contributed by atoms with Crippen LogP contribution in [0.3, 0.4) is 0 Å². The second-order valence-corrected chi connectivity index (χ2v) is 6.09. The standard InChI is InChI=1S/C10H19NOS/c1-6-8-11(5)9(7(2)12)10(3,4)13-8/h8-9H,6H2,1-5H3. The predicted octanol–water partition coefficient (Wildman–Crippen LogP) is 2.14. The molecule has 1 saturated heterocycles. The molecule has 2 unspecified atom stereocenters. The number of hydrogen-bond acceptors (Lipinski definition) is 3. The molecular weight excluding hydrogens is 182 g/mol. The van der Waals surface area contributed by atoms with Crippen LogP contribution in [0.1, 0.15) is 34.1 Å². The number of Topliss-reactive ketones (excluding diaryl/α,β-unsaturated/α-hetero) is 1. The van der Waals surface area contributed by atoms with E-state index >= 15 is 0 Å². The highest BCUT2D eigenvalue weighted by Gasteiger charge is 2.46. The van der Waals surface area contributed by atoms with Gasteiger partial charge in [0.2, 0.25) is 0 Å². The molecule has 1 aliphatic rings. The Kier molecular flexibility index (Phi) is 3.08. The lowest BCUT2D eigenvalue weighted by molar-refractivity contribution is -0.122. The maximum Gasteiger partial charge on any atom is 0.148 e. The minimum absolute atomic E-state index is 0.0707. The molecule has 0 aliphatic carbocycles. The topological polar surface area (TPSA) is 20.3 Å². The first kappa shape index (κ1) is 11.1. The van der Waals surface area contributed by atoms with E-state index in [0.29, 0.717) is 5.37 Å². The van der Waals surface area contributed by atoms with E-state index in [1.165, 1.54) is 0 Å². The SMILES string of the molecule is CCC1SC(C)(C)C(C(C)=O)N1C. The molecule has 0 radical (unpaired) electrons. The Morgan fingerprint density at radius 2 is 2.08 bits per heavy atom. The summed E-state index contributed by atoms with van der Waals surface area (Å²) < 4.78 is 0.0707. The fourth-order valence-electron chi connectivity index (χ4n) is 2.30. The van der Waals surface area contributed by atoms with Gasteiger partial charge in [-0.2, -0.15) is 0 Å². The normalized spacial score (nSPS) is 33.6. The summed E-state index contributed by atoms with van der Waals surface area (Å²) >= 11 is 1.92. The van der Waals surface area contributed by atoms with Gasteiger partial charge < -0.3 is 0 Å². The molecule has 13 heavy (non-hydrogen) atoms. The maximum absolute atomic E-state index is 11.5. The lowest BCUT2D eigenvalue weighted by Crippen LogP contribution is -2.44. The van der Waals surface area contributed by atoms with Gasteiger partial charge in [0.15, 0.2) is 0 Å². The largest absolute Gasteiger partial charge is 0.298 e. The van der Waals surface area contributed by atoms with Crippen molar-refractivity contribution in [2.75, 3.05) is 7.05 Å². The Balaban J connectivity index is 2.87. The first-order valence-corrected chi connectivity index (χ1v) is 5.68. The zero-order chi connectivity index (χ0) is 10.2. The van der Waals surface area contributed by atoms with Gasteiger partial charge in [-0.15, -0.1) is 11.8 Å². The Morgan fingerprint density at radius 3 is 2.31 bits per heavy atom. The van der Waals surface area contributed by atoms with Crippen molar-refractivity contribution in [3.8, 4) is 0 Å². The van der Waals surface area contributed by atoms with Crippen LogP contribution in [-0.4, -0.2) is 33.9 Å². The summed E-state index contributed by atoms with van der Waals surface area (Å²) in [5, 5.41) is 0.504. The van der Waals surface area contributed by atoms with E-state index in [-0.39, 0.29) is 16.6 Å². The molecular formula is C10H19NOS. The van der Waals surface area contributed by atoms with Gasteiger partial charge in [-0.3, -0.25) is 9.69 Å². The molecule has 2 nitrogen and oxygen atoms in total. The van der Waals surface area contributed by atoms with Crippen molar-refractivity contribution in [3.05, 3.63) is 0 Å². The number of thioether (sulfide) groups is 1. The Morgan fingerprint density at radius 1 is 1.54 bits per heavy atom. The van der Waals surface area contributed by atoms with Crippen molar-refractivity contribution in [3.63, 3.8) is 0 Å². The van der Waals surface area contributed by atoms with Crippen LogP contribution in [0.25, 0.3) is 0 Å². The molecule has 1 rings (SSSR count). The predicted molar refractivity (Wildman–Crippen MR) is 58.0 cm³/mol. The number of nitrogens with zero attached hydrogens (tertiary/aromatic N) is 1. The van der Waals surface area contributed by atoms with Crippen LogP contribution in [-0.2, 0) is 4.79 Å². The van der Waals surface area contributed by atoms with Crippen molar-refractivity contribution in [2.45, 2.75) is 50.3 Å². The van der Waals surface area contributed by atoms with Gasteiger partial charge in [-0.05, 0) is 34.2 Å². The van der Waals surface area contributed by atoms with Crippen molar-refractivity contribution in [1.82, 2.24) is 4.90 Å². The molecule has 2 atom stereocenters. The fourth-order valence-corrected chi connectivity index (χ4v) is 3.92. The van der Waals surface area contributed by atoms with E-state index in [1.54, 1.807) is 6.92 Å². The average molecular weight is 201 g/mol. The van der Waals surface area contributed by atoms with Gasteiger partial charge in [0, 0.05) is 4.75 Å². The van der Waals surface area contributed by atoms with Crippen molar-refractivity contribution >= 4 is 17.5 Å². The van der Waals surface area contributed by atoms with Crippen LogP contribution in [0.2, 0.25) is 0 Å². The van der Waals surface area contributed by atoms with Crippen molar-refractivity contribution in [1.29, 1.82) is 0 Å². The lowest BCUT2D eigenvalue weighted by atomic mass is 9.98. The first-order valence-electron chi connectivity index (χ1n) is 4.80. The second kappa shape index (κ2) is 3.62. The molecule has 0 bridgehead atoms. The summed E-state index contributed by atoms with van der Waals surface area (Å²) in [5.41, 5.74) is 0. The van der Waals surface area contributed by atoms with Gasteiger partial charge in [0.25, 0.3) is 0 Å². The number of carbonyl (C=O) groups is 1. The third kappa shape index (κ3) is 1.91. The third-order valence-corrected chi connectivity index (χ3v) is 4.46. The number of carbonyl (C=O) groups excluding carboxylic acids is 1. The molecule has 3 heteroatoms. The summed E-state index contributed by atoms with van der Waals surface area (Å²) in [6.07, 6.45) is 1.11. The van der Waals surface area contributed by atoms with Crippen LogP contribution >= 0.6 is 11.8 Å². The average Bonchev–Trinajstić information content (AvgIpc) is 2.20. The van der Waals surface area contributed by atoms with Crippen LogP contribution in [0.4, 0.5) is 0 Å². The van der Waals surface area contributed by atoms with Gasteiger partial charge >= 0.3 is 0 Å². The quantitative estimate of drug-likeness (QED) is 0.682. The molecule has 1 fully saturated rings. The Labute approximate surface area is 85.1 Å². The molecule has 0 saturated carbocycles. The van der Waals surface area contributed by atoms with E-state index < -0.39 is 0 Å². The van der Waals surface area contributed by atoms with E-state index in [9.17, 15) is 4.79 Å². The fraction of sp³-hybridized carbons (Fsp3) is 0.900. The van der Waals surface area contributed by atoms with Crippen LogP contribution in [0.5, 0.6) is 0 Å². The smallest absolute Gasteiger partial charge is 0.148 e. The van der Waals surface area contributed by atoms with E-state index in [4.69, 9.17) is 0 Å². The van der Waals surface area contributed by atoms with Crippen molar-refractivity contribution in [2.24, 2.45) is 0 Å². The monoisotopic (exact) mass is 201 g/mol. The summed E-state index contributed by atoms with van der Waals surface area (Å²) in [4.78, 5) is 13.7. The Bertz CT molecular complexity index is 215. The molecule has 0 amide bonds. The van der Waals surface area contributed by atoms with Crippen LogP contribution < -0.4 is 0 Å². The summed E-state index contributed by atoms with van der Waals surface area (Å²) in [6, 6.07) is 0.0856. The highest BCUT2D eigenvalue weighted by Crippen LogP contribution is 2.44. The molecule has 1 heterocycles. The Hall–Kier alpha value is -0.0200. The van der Waals surface area contributed by atoms with E-state index in [2.05, 4.69) is 32.7 Å². The summed E-state index contributed by atoms with van der Waals surface area (Å²) in [7, 11) is 2.06. The van der Waals surface area contributed by atoms with Crippen LogP contribution in [0.15, 0.2) is 0 Å². The second-order valence-electron chi connectivity index (χ2n) is 4.26. The zero-order valence-corrected chi connectivity index (χ0v) is 9.94. The first-order chi connectivity index (χ1) is 5.90. The minimum atomic E-state index is 0.0707. The van der Waals surface area contributed by atoms with Gasteiger partial charge in [0.1, 0.15) is 5.78 Å². The third-order valence-electron chi connectivity index (χ3n) is 2.69. The number of ketones is 1. The molecule has 0 spiro atoms. The molecule has 1 aliphatic heterocycles. The van der Waals surface area contributed by atoms with Gasteiger partial charge in [-0.1, -0.05) is 6.92 Å². The lowest BCUT2D eigenvalue weighted by Gasteiger charge is -2.27.